The summed E-state index contributed by atoms with van der Waals surface area (Å²) in [5.74, 6) is 0. The van der Waals surface area contributed by atoms with Crippen molar-refractivity contribution < 1.29 is 4.79 Å². The maximum absolute atomic E-state index is 11.9. The first kappa shape index (κ1) is 17.4. The molecule has 0 bridgehead atoms. The Morgan fingerprint density at radius 1 is 1.36 bits per heavy atom. The summed E-state index contributed by atoms with van der Waals surface area (Å²) in [6.45, 7) is 5.12. The second kappa shape index (κ2) is 8.61. The number of halogens is 2. The first-order valence-electron chi connectivity index (χ1n) is 7.81. The van der Waals surface area contributed by atoms with E-state index in [0.29, 0.717) is 28.3 Å². The van der Waals surface area contributed by atoms with Crippen molar-refractivity contribution in [2.45, 2.75) is 38.6 Å². The zero-order chi connectivity index (χ0) is 15.9. The Morgan fingerprint density at radius 2 is 2.18 bits per heavy atom. The number of hydrogen-bond acceptors (Lipinski definition) is 2. The van der Waals surface area contributed by atoms with Crippen LogP contribution in [0.5, 0.6) is 0 Å². The van der Waals surface area contributed by atoms with Gasteiger partial charge in [0.1, 0.15) is 0 Å². The molecule has 0 aromatic heterocycles. The molecule has 2 N–H and O–H groups in total. The van der Waals surface area contributed by atoms with Gasteiger partial charge in [-0.15, -0.1) is 0 Å². The zero-order valence-corrected chi connectivity index (χ0v) is 14.4. The second-order valence-electron chi connectivity index (χ2n) is 5.72. The van der Waals surface area contributed by atoms with E-state index in [2.05, 4.69) is 22.5 Å². The Labute approximate surface area is 142 Å². The monoisotopic (exact) mass is 343 g/mol. The number of rotatable bonds is 5. The van der Waals surface area contributed by atoms with Crippen molar-refractivity contribution in [3.05, 3.63) is 28.2 Å². The Balaban J connectivity index is 1.68. The van der Waals surface area contributed by atoms with Gasteiger partial charge in [0, 0.05) is 19.1 Å². The first-order valence-corrected chi connectivity index (χ1v) is 8.56. The van der Waals surface area contributed by atoms with E-state index in [1.165, 1.54) is 25.8 Å². The molecule has 4 nitrogen and oxygen atoms in total. The fourth-order valence-corrected chi connectivity index (χ4v) is 3.09. The molecule has 6 heteroatoms. The van der Waals surface area contributed by atoms with E-state index in [4.69, 9.17) is 23.2 Å². The fraction of sp³-hybridized carbons (Fsp3) is 0.562. The molecule has 1 aromatic rings. The van der Waals surface area contributed by atoms with Gasteiger partial charge in [-0.3, -0.25) is 0 Å². The summed E-state index contributed by atoms with van der Waals surface area (Å²) in [4.78, 5) is 14.4. The van der Waals surface area contributed by atoms with Crippen LogP contribution < -0.4 is 10.6 Å². The largest absolute Gasteiger partial charge is 0.338 e. The second-order valence-corrected chi connectivity index (χ2v) is 6.50. The molecule has 1 aliphatic rings. The number of piperidine rings is 1. The van der Waals surface area contributed by atoms with E-state index in [0.717, 1.165) is 13.0 Å². The van der Waals surface area contributed by atoms with Crippen molar-refractivity contribution in [1.82, 2.24) is 10.2 Å². The molecule has 2 rings (SSSR count). The van der Waals surface area contributed by atoms with Crippen LogP contribution in [0.15, 0.2) is 18.2 Å². The van der Waals surface area contributed by atoms with E-state index in [1.807, 2.05) is 0 Å². The van der Waals surface area contributed by atoms with Gasteiger partial charge in [-0.1, -0.05) is 35.7 Å². The van der Waals surface area contributed by atoms with Crippen LogP contribution in [0.1, 0.15) is 32.6 Å². The summed E-state index contributed by atoms with van der Waals surface area (Å²) in [5, 5.41) is 6.36. The van der Waals surface area contributed by atoms with Gasteiger partial charge < -0.3 is 15.5 Å². The standard InChI is InChI=1S/C16H23Cl2N3O/c1-12-6-2-3-10-21(12)11-5-9-19-16(22)20-14-8-4-7-13(17)15(14)18/h4,7-8,12H,2-3,5-6,9-11H2,1H3,(H2,19,20,22)/t12-/m1/s1. The van der Waals surface area contributed by atoms with Crippen molar-refractivity contribution in [2.75, 3.05) is 25.0 Å². The third kappa shape index (κ3) is 5.04. The molecule has 0 aliphatic carbocycles. The van der Waals surface area contributed by atoms with Crippen LogP contribution in [-0.4, -0.2) is 36.6 Å². The Bertz CT molecular complexity index is 510. The molecule has 0 unspecified atom stereocenters. The molecule has 2 amide bonds. The third-order valence-corrected chi connectivity index (χ3v) is 4.87. The van der Waals surface area contributed by atoms with Crippen LogP contribution in [0.2, 0.25) is 10.0 Å². The fourth-order valence-electron chi connectivity index (χ4n) is 2.74. The molecule has 1 fully saturated rings. The predicted octanol–water partition coefficient (Wildman–Crippen LogP) is 4.38. The molecule has 22 heavy (non-hydrogen) atoms. The molecule has 1 heterocycles. The summed E-state index contributed by atoms with van der Waals surface area (Å²) < 4.78 is 0. The van der Waals surface area contributed by atoms with Gasteiger partial charge in [-0.05, 0) is 44.9 Å². The number of urea groups is 1. The highest BCUT2D eigenvalue weighted by molar-refractivity contribution is 6.43. The quantitative estimate of drug-likeness (QED) is 0.779. The number of hydrogen-bond donors (Lipinski definition) is 2. The number of anilines is 1. The van der Waals surface area contributed by atoms with Crippen LogP contribution in [-0.2, 0) is 0 Å². The molecule has 0 spiro atoms. The van der Waals surface area contributed by atoms with E-state index in [1.54, 1.807) is 18.2 Å². The highest BCUT2D eigenvalue weighted by Gasteiger charge is 2.17. The Kier molecular flexibility index (Phi) is 6.80. The summed E-state index contributed by atoms with van der Waals surface area (Å²) in [5.41, 5.74) is 0.524. The number of carbonyl (C=O) groups excluding carboxylic acids is 1. The molecule has 122 valence electrons. The number of likely N-dealkylation sites (tertiary alicyclic amines) is 1. The molecule has 1 atom stereocenters. The van der Waals surface area contributed by atoms with E-state index < -0.39 is 0 Å². The SMILES string of the molecule is C[C@@H]1CCCCN1CCCNC(=O)Nc1cccc(Cl)c1Cl. The van der Waals surface area contributed by atoms with Crippen LogP contribution in [0.3, 0.4) is 0 Å². The Morgan fingerprint density at radius 3 is 2.95 bits per heavy atom. The zero-order valence-electron chi connectivity index (χ0n) is 12.9. The molecular formula is C16H23Cl2N3O. The van der Waals surface area contributed by atoms with Crippen molar-refractivity contribution in [3.8, 4) is 0 Å². The lowest BCUT2D eigenvalue weighted by molar-refractivity contribution is 0.159. The molecule has 0 saturated carbocycles. The van der Waals surface area contributed by atoms with Gasteiger partial charge in [0.05, 0.1) is 15.7 Å². The van der Waals surface area contributed by atoms with Gasteiger partial charge in [0.25, 0.3) is 0 Å². The van der Waals surface area contributed by atoms with Crippen molar-refractivity contribution >= 4 is 34.9 Å². The minimum Gasteiger partial charge on any atom is -0.338 e. The van der Waals surface area contributed by atoms with E-state index in [-0.39, 0.29) is 6.03 Å². The van der Waals surface area contributed by atoms with Crippen LogP contribution >= 0.6 is 23.2 Å². The highest BCUT2D eigenvalue weighted by atomic mass is 35.5. The van der Waals surface area contributed by atoms with Crippen LogP contribution in [0.4, 0.5) is 10.5 Å². The van der Waals surface area contributed by atoms with Gasteiger partial charge >= 0.3 is 6.03 Å². The summed E-state index contributed by atoms with van der Waals surface area (Å²) in [7, 11) is 0. The lowest BCUT2D eigenvalue weighted by Gasteiger charge is -2.33. The lowest BCUT2D eigenvalue weighted by atomic mass is 10.0. The molecule has 1 aliphatic heterocycles. The molecule has 0 radical (unpaired) electrons. The average Bonchev–Trinajstić information content (AvgIpc) is 2.50. The number of amides is 2. The summed E-state index contributed by atoms with van der Waals surface area (Å²) in [6.07, 6.45) is 4.84. The van der Waals surface area contributed by atoms with Crippen molar-refractivity contribution in [3.63, 3.8) is 0 Å². The smallest absolute Gasteiger partial charge is 0.319 e. The van der Waals surface area contributed by atoms with Crippen LogP contribution in [0.25, 0.3) is 0 Å². The van der Waals surface area contributed by atoms with E-state index >= 15 is 0 Å². The molecular weight excluding hydrogens is 321 g/mol. The number of nitrogens with zero attached hydrogens (tertiary/aromatic N) is 1. The maximum Gasteiger partial charge on any atom is 0.319 e. The van der Waals surface area contributed by atoms with Gasteiger partial charge in [-0.2, -0.15) is 0 Å². The average molecular weight is 344 g/mol. The first-order chi connectivity index (χ1) is 10.6. The minimum absolute atomic E-state index is 0.254. The van der Waals surface area contributed by atoms with Crippen molar-refractivity contribution in [2.24, 2.45) is 0 Å². The number of benzene rings is 1. The van der Waals surface area contributed by atoms with Gasteiger partial charge in [-0.25, -0.2) is 4.79 Å². The normalized spacial score (nSPS) is 19.0. The van der Waals surface area contributed by atoms with Gasteiger partial charge in [0.2, 0.25) is 0 Å². The minimum atomic E-state index is -0.254. The van der Waals surface area contributed by atoms with Crippen molar-refractivity contribution in [1.29, 1.82) is 0 Å². The van der Waals surface area contributed by atoms with Gasteiger partial charge in [0.15, 0.2) is 0 Å². The van der Waals surface area contributed by atoms with Crippen LogP contribution in [0, 0.1) is 0 Å². The maximum atomic E-state index is 11.9. The number of nitrogens with one attached hydrogen (secondary N) is 2. The summed E-state index contributed by atoms with van der Waals surface area (Å²) in [6, 6.07) is 5.57. The third-order valence-electron chi connectivity index (χ3n) is 4.05. The topological polar surface area (TPSA) is 44.4 Å². The number of carbonyl (C=O) groups is 1. The molecule has 1 saturated heterocycles. The summed E-state index contributed by atoms with van der Waals surface area (Å²) >= 11 is 11.9. The predicted molar refractivity (Wildman–Crippen MR) is 93.0 cm³/mol. The highest BCUT2D eigenvalue weighted by Crippen LogP contribution is 2.29. The Hall–Kier alpha value is -0.970. The van der Waals surface area contributed by atoms with E-state index in [9.17, 15) is 4.79 Å². The lowest BCUT2D eigenvalue weighted by Crippen LogP contribution is -2.39. The molecule has 1 aromatic carbocycles.